The molecule has 2 aromatic carbocycles. The lowest BCUT2D eigenvalue weighted by molar-refractivity contribution is -0.137. The van der Waals surface area contributed by atoms with Gasteiger partial charge in [-0.1, -0.05) is 30.3 Å². The molecule has 0 saturated carbocycles. The van der Waals surface area contributed by atoms with E-state index in [1.165, 1.54) is 0 Å². The Bertz CT molecular complexity index is 1200. The highest BCUT2D eigenvalue weighted by molar-refractivity contribution is 7.89. The Balaban J connectivity index is 0.000000381. The molecule has 11 nitrogen and oxygen atoms in total. The first-order valence-corrected chi connectivity index (χ1v) is 12.4. The maximum atomic E-state index is 12.0. The number of benzene rings is 2. The van der Waals surface area contributed by atoms with Crippen LogP contribution in [-0.2, 0) is 30.8 Å². The van der Waals surface area contributed by atoms with Crippen molar-refractivity contribution in [3.63, 3.8) is 0 Å². The van der Waals surface area contributed by atoms with Gasteiger partial charge in [0.1, 0.15) is 6.42 Å². The summed E-state index contributed by atoms with van der Waals surface area (Å²) in [6, 6.07) is 13.6. The molecule has 0 atom stereocenters. The van der Waals surface area contributed by atoms with Crippen molar-refractivity contribution in [2.75, 3.05) is 5.32 Å². The van der Waals surface area contributed by atoms with Crippen LogP contribution in [-0.4, -0.2) is 42.8 Å². The molecule has 0 aliphatic rings. The molecule has 0 fully saturated rings. The number of sulfonamides is 1. The maximum Gasteiger partial charge on any atom is 0.303 e. The topological polar surface area (TPSA) is 194 Å². The number of nitrogens with two attached hydrogens (primary N) is 2. The lowest BCUT2D eigenvalue weighted by atomic mass is 10.1. The number of anilines is 1. The molecular formula is C24H33N5O6S. The second kappa shape index (κ2) is 13.4. The summed E-state index contributed by atoms with van der Waals surface area (Å²) in [7, 11) is -3.40. The second-order valence-corrected chi connectivity index (χ2v) is 10.5. The van der Waals surface area contributed by atoms with Crippen LogP contribution in [0.15, 0.2) is 58.4 Å². The Morgan fingerprint density at radius 2 is 1.58 bits per heavy atom. The van der Waals surface area contributed by atoms with Gasteiger partial charge in [0.15, 0.2) is 5.96 Å². The van der Waals surface area contributed by atoms with E-state index in [-0.39, 0.29) is 6.42 Å². The average molecular weight is 520 g/mol. The predicted octanol–water partition coefficient (Wildman–Crippen LogP) is 1.90. The van der Waals surface area contributed by atoms with E-state index in [9.17, 15) is 22.8 Å². The summed E-state index contributed by atoms with van der Waals surface area (Å²) in [5.41, 5.74) is 11.7. The van der Waals surface area contributed by atoms with Crippen molar-refractivity contribution in [1.29, 1.82) is 0 Å². The number of carboxylic acids is 1. The molecule has 0 aromatic heterocycles. The summed E-state index contributed by atoms with van der Waals surface area (Å²) in [4.78, 5) is 36.8. The van der Waals surface area contributed by atoms with E-state index in [0.29, 0.717) is 17.0 Å². The van der Waals surface area contributed by atoms with Gasteiger partial charge in [-0.15, -0.1) is 0 Å². The summed E-state index contributed by atoms with van der Waals surface area (Å²) in [6.45, 7) is 7.26. The van der Waals surface area contributed by atoms with Crippen molar-refractivity contribution in [3.8, 4) is 0 Å². The molecule has 7 N–H and O–H groups in total. The van der Waals surface area contributed by atoms with Crippen LogP contribution in [0.1, 0.15) is 44.7 Å². The van der Waals surface area contributed by atoms with Gasteiger partial charge >= 0.3 is 5.97 Å². The molecule has 196 valence electrons. The van der Waals surface area contributed by atoms with Crippen LogP contribution in [0.2, 0.25) is 0 Å². The van der Waals surface area contributed by atoms with Gasteiger partial charge in [-0.05, 0) is 63.4 Å². The van der Waals surface area contributed by atoms with Gasteiger partial charge < -0.3 is 21.9 Å². The highest BCUT2D eigenvalue weighted by Crippen LogP contribution is 2.16. The standard InChI is InChI=1S/C13H16N4O4.C11H17NO2S/c14-13(15)17-11(19)7-10(18)16-9-4-1-8(2-5-9)3-6-12(20)21;1-9-7-5-6-8-10(9)15(13,14)12-11(2,3)4/h1-2,4-5H,3,6-7H2,(H,16,18)(H,20,21)(H4,14,15,17,19);5-8,12H,1-4H3. The molecule has 0 aliphatic carbocycles. The van der Waals surface area contributed by atoms with Gasteiger partial charge in [-0.25, -0.2) is 13.1 Å². The van der Waals surface area contributed by atoms with Gasteiger partial charge in [0.25, 0.3) is 5.91 Å². The summed E-state index contributed by atoms with van der Waals surface area (Å²) >= 11 is 0. The summed E-state index contributed by atoms with van der Waals surface area (Å²) < 4.78 is 26.5. The normalized spacial score (nSPS) is 11.0. The summed E-state index contributed by atoms with van der Waals surface area (Å²) in [5, 5.41) is 11.1. The van der Waals surface area contributed by atoms with Crippen LogP contribution in [0.25, 0.3) is 0 Å². The summed E-state index contributed by atoms with van der Waals surface area (Å²) in [6.07, 6.45) is -0.00999. The second-order valence-electron chi connectivity index (χ2n) is 8.87. The largest absolute Gasteiger partial charge is 0.481 e. The van der Waals surface area contributed by atoms with Crippen molar-refractivity contribution in [3.05, 3.63) is 59.7 Å². The fraction of sp³-hybridized carbons (Fsp3) is 0.333. The van der Waals surface area contributed by atoms with Crippen LogP contribution < -0.4 is 21.5 Å². The Morgan fingerprint density at radius 3 is 2.08 bits per heavy atom. The van der Waals surface area contributed by atoms with E-state index >= 15 is 0 Å². The van der Waals surface area contributed by atoms with E-state index < -0.39 is 45.7 Å². The lowest BCUT2D eigenvalue weighted by Gasteiger charge is -2.21. The van der Waals surface area contributed by atoms with Crippen LogP contribution in [0, 0.1) is 6.92 Å². The number of aliphatic imine (C=N–C) groups is 1. The van der Waals surface area contributed by atoms with Gasteiger partial charge in [0, 0.05) is 17.6 Å². The van der Waals surface area contributed by atoms with Crippen molar-refractivity contribution in [2.24, 2.45) is 16.5 Å². The number of hydrogen-bond donors (Lipinski definition) is 5. The molecule has 0 bridgehead atoms. The number of rotatable bonds is 8. The number of carboxylic acid groups (broad SMARTS) is 1. The number of carbonyl (C=O) groups excluding carboxylic acids is 2. The van der Waals surface area contributed by atoms with Crippen molar-refractivity contribution in [2.45, 2.75) is 57.4 Å². The van der Waals surface area contributed by atoms with Crippen molar-refractivity contribution < 1.29 is 27.9 Å². The van der Waals surface area contributed by atoms with Crippen LogP contribution in [0.3, 0.4) is 0 Å². The zero-order valence-electron chi connectivity index (χ0n) is 20.7. The van der Waals surface area contributed by atoms with E-state index in [4.69, 9.17) is 16.6 Å². The fourth-order valence-corrected chi connectivity index (χ4v) is 4.51. The molecule has 0 spiro atoms. The zero-order chi connectivity index (χ0) is 27.5. The number of aryl methyl sites for hydroxylation is 2. The highest BCUT2D eigenvalue weighted by Gasteiger charge is 2.22. The third-order valence-electron chi connectivity index (χ3n) is 4.25. The number of hydrogen-bond acceptors (Lipinski definition) is 5. The smallest absolute Gasteiger partial charge is 0.303 e. The van der Waals surface area contributed by atoms with Gasteiger partial charge in [0.2, 0.25) is 15.9 Å². The van der Waals surface area contributed by atoms with Crippen LogP contribution in [0.5, 0.6) is 0 Å². The molecule has 12 heteroatoms. The predicted molar refractivity (Wildman–Crippen MR) is 138 cm³/mol. The van der Waals surface area contributed by atoms with E-state index in [0.717, 1.165) is 11.1 Å². The molecule has 2 amide bonds. The zero-order valence-corrected chi connectivity index (χ0v) is 21.6. The number of nitrogens with zero attached hydrogens (tertiary/aromatic N) is 1. The fourth-order valence-electron chi connectivity index (χ4n) is 2.85. The third-order valence-corrected chi connectivity index (χ3v) is 6.17. The molecular weight excluding hydrogens is 486 g/mol. The number of amides is 2. The lowest BCUT2D eigenvalue weighted by Crippen LogP contribution is -2.40. The SMILES string of the molecule is Cc1ccccc1S(=O)(=O)NC(C)(C)C.NC(N)=NC(=O)CC(=O)Nc1ccc(CCC(=O)O)cc1. The molecule has 0 aliphatic heterocycles. The monoisotopic (exact) mass is 519 g/mol. The Kier molecular flexibility index (Phi) is 11.2. The van der Waals surface area contributed by atoms with Crippen molar-refractivity contribution in [1.82, 2.24) is 4.72 Å². The first kappa shape index (κ1) is 30.3. The number of carbonyl (C=O) groups is 3. The van der Waals surface area contributed by atoms with Gasteiger partial charge in [-0.3, -0.25) is 14.4 Å². The van der Waals surface area contributed by atoms with E-state index in [1.807, 2.05) is 26.8 Å². The Labute approximate surface area is 211 Å². The highest BCUT2D eigenvalue weighted by atomic mass is 32.2. The number of guanidine groups is 1. The summed E-state index contributed by atoms with van der Waals surface area (Å²) in [5.74, 6) is -2.53. The average Bonchev–Trinajstić information content (AvgIpc) is 2.71. The third kappa shape index (κ3) is 12.1. The Morgan fingerprint density at radius 1 is 1.00 bits per heavy atom. The van der Waals surface area contributed by atoms with E-state index in [1.54, 1.807) is 49.4 Å². The minimum Gasteiger partial charge on any atom is -0.481 e. The molecule has 0 unspecified atom stereocenters. The molecule has 0 heterocycles. The first-order valence-electron chi connectivity index (χ1n) is 10.9. The molecule has 0 radical (unpaired) electrons. The van der Waals surface area contributed by atoms with E-state index in [2.05, 4.69) is 15.0 Å². The van der Waals surface area contributed by atoms with Crippen LogP contribution in [0.4, 0.5) is 5.69 Å². The maximum absolute atomic E-state index is 12.0. The molecule has 2 aromatic rings. The van der Waals surface area contributed by atoms with Gasteiger partial charge in [0.05, 0.1) is 4.90 Å². The quantitative estimate of drug-likeness (QED) is 0.198. The first-order chi connectivity index (χ1) is 16.6. The van der Waals surface area contributed by atoms with Gasteiger partial charge in [-0.2, -0.15) is 4.99 Å². The minimum atomic E-state index is -3.40. The minimum absolute atomic E-state index is 0.0404. The molecule has 36 heavy (non-hydrogen) atoms. The molecule has 0 saturated heterocycles. The Hall–Kier alpha value is -3.77. The van der Waals surface area contributed by atoms with Crippen molar-refractivity contribution >= 4 is 39.5 Å². The molecule has 2 rings (SSSR count). The number of nitrogens with one attached hydrogen (secondary N) is 2. The van der Waals surface area contributed by atoms with Crippen LogP contribution >= 0.6 is 0 Å². The number of aliphatic carboxylic acids is 1.